The molecule has 1 heterocycles. The molecule has 0 unspecified atom stereocenters. The molecule has 0 saturated carbocycles. The number of carbonyl (C=O) groups excluding carboxylic acids is 1. The lowest BCUT2D eigenvalue weighted by atomic mass is 10.1. The summed E-state index contributed by atoms with van der Waals surface area (Å²) < 4.78 is 5.46. The van der Waals surface area contributed by atoms with Crippen LogP contribution in [0.4, 0.5) is 5.69 Å². The van der Waals surface area contributed by atoms with Gasteiger partial charge in [-0.1, -0.05) is 13.0 Å². The average molecular weight is 248 g/mol. The standard InChI is InChI=1S/C14H20N2O2/c1-2-11-5-6-13-12(9-11)16(8-4-3-7-15)14(17)10-18-13/h5-6,9H,2-4,7-8,10,15H2,1H3. The van der Waals surface area contributed by atoms with Crippen molar-refractivity contribution in [1.29, 1.82) is 0 Å². The highest BCUT2D eigenvalue weighted by Gasteiger charge is 2.24. The summed E-state index contributed by atoms with van der Waals surface area (Å²) in [5.41, 5.74) is 7.61. The summed E-state index contributed by atoms with van der Waals surface area (Å²) in [5.74, 6) is 0.840. The molecule has 18 heavy (non-hydrogen) atoms. The van der Waals surface area contributed by atoms with Gasteiger partial charge < -0.3 is 15.4 Å². The van der Waals surface area contributed by atoms with E-state index in [2.05, 4.69) is 13.0 Å². The fourth-order valence-corrected chi connectivity index (χ4v) is 2.13. The first kappa shape index (κ1) is 12.9. The number of amides is 1. The third-order valence-electron chi connectivity index (χ3n) is 3.21. The van der Waals surface area contributed by atoms with Gasteiger partial charge >= 0.3 is 0 Å². The predicted octanol–water partition coefficient (Wildman–Crippen LogP) is 1.71. The summed E-state index contributed by atoms with van der Waals surface area (Å²) in [4.78, 5) is 13.7. The molecule has 4 nitrogen and oxygen atoms in total. The molecule has 0 aromatic heterocycles. The summed E-state index contributed by atoms with van der Waals surface area (Å²) in [6, 6.07) is 6.05. The molecule has 1 aliphatic rings. The third-order valence-corrected chi connectivity index (χ3v) is 3.21. The fraction of sp³-hybridized carbons (Fsp3) is 0.500. The van der Waals surface area contributed by atoms with Gasteiger partial charge in [-0.25, -0.2) is 0 Å². The lowest BCUT2D eigenvalue weighted by Gasteiger charge is -2.29. The summed E-state index contributed by atoms with van der Waals surface area (Å²) in [6.45, 7) is 3.63. The van der Waals surface area contributed by atoms with E-state index < -0.39 is 0 Å². The van der Waals surface area contributed by atoms with E-state index in [9.17, 15) is 4.79 Å². The number of hydrogen-bond acceptors (Lipinski definition) is 3. The van der Waals surface area contributed by atoms with E-state index in [1.54, 1.807) is 0 Å². The number of nitrogens with two attached hydrogens (primary N) is 1. The van der Waals surface area contributed by atoms with Crippen molar-refractivity contribution in [2.45, 2.75) is 26.2 Å². The molecule has 98 valence electrons. The van der Waals surface area contributed by atoms with E-state index >= 15 is 0 Å². The van der Waals surface area contributed by atoms with Crippen molar-refractivity contribution < 1.29 is 9.53 Å². The molecular formula is C14H20N2O2. The quantitative estimate of drug-likeness (QED) is 0.807. The van der Waals surface area contributed by atoms with E-state index in [1.165, 1.54) is 5.56 Å². The molecule has 0 atom stereocenters. The van der Waals surface area contributed by atoms with Gasteiger partial charge in [0.2, 0.25) is 0 Å². The van der Waals surface area contributed by atoms with Crippen LogP contribution in [-0.2, 0) is 11.2 Å². The first-order chi connectivity index (χ1) is 8.76. The Labute approximate surface area is 108 Å². The largest absolute Gasteiger partial charge is 0.482 e. The molecule has 1 aliphatic heterocycles. The molecule has 4 heteroatoms. The first-order valence-corrected chi connectivity index (χ1v) is 6.52. The zero-order valence-electron chi connectivity index (χ0n) is 10.8. The van der Waals surface area contributed by atoms with Crippen molar-refractivity contribution in [3.8, 4) is 5.75 Å². The van der Waals surface area contributed by atoms with Gasteiger partial charge in [-0.05, 0) is 43.5 Å². The minimum absolute atomic E-state index is 0.0350. The topological polar surface area (TPSA) is 55.6 Å². The number of ether oxygens (including phenoxy) is 1. The van der Waals surface area contributed by atoms with Crippen LogP contribution in [0, 0.1) is 0 Å². The van der Waals surface area contributed by atoms with Gasteiger partial charge in [-0.2, -0.15) is 0 Å². The van der Waals surface area contributed by atoms with Gasteiger partial charge in [-0.3, -0.25) is 4.79 Å². The third kappa shape index (κ3) is 2.64. The monoisotopic (exact) mass is 248 g/mol. The first-order valence-electron chi connectivity index (χ1n) is 6.52. The minimum Gasteiger partial charge on any atom is -0.482 e. The van der Waals surface area contributed by atoms with Crippen LogP contribution in [0.25, 0.3) is 0 Å². The Balaban J connectivity index is 2.21. The zero-order chi connectivity index (χ0) is 13.0. The summed E-state index contributed by atoms with van der Waals surface area (Å²) in [6.07, 6.45) is 2.82. The number of hydrogen-bond donors (Lipinski definition) is 1. The number of fused-ring (bicyclic) bond motifs is 1. The molecule has 0 spiro atoms. The second kappa shape index (κ2) is 5.87. The Morgan fingerprint density at radius 3 is 2.94 bits per heavy atom. The van der Waals surface area contributed by atoms with Gasteiger partial charge in [0.05, 0.1) is 5.69 Å². The molecule has 0 aliphatic carbocycles. The minimum atomic E-state index is 0.0350. The Hall–Kier alpha value is -1.55. The molecule has 2 N–H and O–H groups in total. The number of anilines is 1. The van der Waals surface area contributed by atoms with Gasteiger partial charge in [0.1, 0.15) is 5.75 Å². The lowest BCUT2D eigenvalue weighted by Crippen LogP contribution is -2.39. The van der Waals surface area contributed by atoms with Crippen molar-refractivity contribution in [1.82, 2.24) is 0 Å². The van der Waals surface area contributed by atoms with E-state index in [0.717, 1.165) is 37.2 Å². The highest BCUT2D eigenvalue weighted by Crippen LogP contribution is 2.33. The van der Waals surface area contributed by atoms with Crippen LogP contribution < -0.4 is 15.4 Å². The van der Waals surface area contributed by atoms with Crippen LogP contribution in [0.1, 0.15) is 25.3 Å². The molecule has 1 aromatic rings. The number of benzene rings is 1. The molecule has 2 rings (SSSR count). The van der Waals surface area contributed by atoms with E-state index in [0.29, 0.717) is 6.54 Å². The van der Waals surface area contributed by atoms with Crippen LogP contribution in [0.15, 0.2) is 18.2 Å². The maximum atomic E-state index is 11.9. The Morgan fingerprint density at radius 2 is 2.22 bits per heavy atom. The molecule has 0 radical (unpaired) electrons. The molecule has 1 aromatic carbocycles. The van der Waals surface area contributed by atoms with Gasteiger partial charge in [0.15, 0.2) is 6.61 Å². The smallest absolute Gasteiger partial charge is 0.265 e. The van der Waals surface area contributed by atoms with Crippen LogP contribution in [0.2, 0.25) is 0 Å². The van der Waals surface area contributed by atoms with E-state index in [1.807, 2.05) is 17.0 Å². The van der Waals surface area contributed by atoms with E-state index in [4.69, 9.17) is 10.5 Å². The van der Waals surface area contributed by atoms with E-state index in [-0.39, 0.29) is 12.5 Å². The Bertz CT molecular complexity index is 432. The van der Waals surface area contributed by atoms with Gasteiger partial charge in [-0.15, -0.1) is 0 Å². The van der Waals surface area contributed by atoms with Crippen molar-refractivity contribution in [3.05, 3.63) is 23.8 Å². The average Bonchev–Trinajstić information content (AvgIpc) is 2.41. The molecular weight excluding hydrogens is 228 g/mol. The predicted molar refractivity (Wildman–Crippen MR) is 72.0 cm³/mol. The Morgan fingerprint density at radius 1 is 1.39 bits per heavy atom. The van der Waals surface area contributed by atoms with Crippen LogP contribution in [-0.4, -0.2) is 25.6 Å². The number of rotatable bonds is 5. The number of unbranched alkanes of at least 4 members (excludes halogenated alkanes) is 1. The number of carbonyl (C=O) groups is 1. The maximum absolute atomic E-state index is 11.9. The van der Waals surface area contributed by atoms with Crippen molar-refractivity contribution in [3.63, 3.8) is 0 Å². The van der Waals surface area contributed by atoms with Crippen molar-refractivity contribution in [2.75, 3.05) is 24.6 Å². The van der Waals surface area contributed by atoms with Crippen LogP contribution in [0.5, 0.6) is 5.75 Å². The van der Waals surface area contributed by atoms with Crippen molar-refractivity contribution in [2.24, 2.45) is 5.73 Å². The van der Waals surface area contributed by atoms with Crippen LogP contribution >= 0.6 is 0 Å². The molecule has 0 fully saturated rings. The molecule has 0 saturated heterocycles. The summed E-state index contributed by atoms with van der Waals surface area (Å²) >= 11 is 0. The SMILES string of the molecule is CCc1ccc2c(c1)N(CCCCN)C(=O)CO2. The fourth-order valence-electron chi connectivity index (χ4n) is 2.13. The number of aryl methyl sites for hydroxylation is 1. The second-order valence-corrected chi connectivity index (χ2v) is 4.49. The Kier molecular flexibility index (Phi) is 4.20. The lowest BCUT2D eigenvalue weighted by molar-refractivity contribution is -0.121. The highest BCUT2D eigenvalue weighted by molar-refractivity contribution is 5.97. The van der Waals surface area contributed by atoms with Gasteiger partial charge in [0, 0.05) is 6.54 Å². The van der Waals surface area contributed by atoms with Crippen molar-refractivity contribution >= 4 is 11.6 Å². The second-order valence-electron chi connectivity index (χ2n) is 4.49. The van der Waals surface area contributed by atoms with Gasteiger partial charge in [0.25, 0.3) is 5.91 Å². The molecule has 1 amide bonds. The van der Waals surface area contributed by atoms with Crippen LogP contribution in [0.3, 0.4) is 0 Å². The summed E-state index contributed by atoms with van der Waals surface area (Å²) in [5, 5.41) is 0. The highest BCUT2D eigenvalue weighted by atomic mass is 16.5. The summed E-state index contributed by atoms with van der Waals surface area (Å²) in [7, 11) is 0. The normalized spacial score (nSPS) is 14.3. The number of nitrogens with zero attached hydrogens (tertiary/aromatic N) is 1. The zero-order valence-corrected chi connectivity index (χ0v) is 10.8. The maximum Gasteiger partial charge on any atom is 0.265 e. The molecule has 0 bridgehead atoms.